The lowest BCUT2D eigenvalue weighted by Gasteiger charge is -2.36. The first-order valence-corrected chi connectivity index (χ1v) is 11.1. The van der Waals surface area contributed by atoms with Crippen molar-refractivity contribution in [3.8, 4) is 0 Å². The summed E-state index contributed by atoms with van der Waals surface area (Å²) < 4.78 is 38.2. The van der Waals surface area contributed by atoms with Crippen molar-refractivity contribution in [3.63, 3.8) is 0 Å². The van der Waals surface area contributed by atoms with Crippen molar-refractivity contribution in [1.82, 2.24) is 9.80 Å². The van der Waals surface area contributed by atoms with Crippen LogP contribution < -0.4 is 0 Å². The third kappa shape index (κ3) is 3.65. The second-order valence-electron chi connectivity index (χ2n) is 6.84. The Morgan fingerprint density at radius 1 is 1.12 bits per heavy atom. The summed E-state index contributed by atoms with van der Waals surface area (Å²) in [6, 6.07) is 10.6. The van der Waals surface area contributed by atoms with E-state index in [1.807, 2.05) is 6.07 Å². The minimum atomic E-state index is -3.04. The number of fused-ring (bicyclic) bond motifs is 1. The van der Waals surface area contributed by atoms with Crippen molar-refractivity contribution in [1.29, 1.82) is 0 Å². The molecule has 0 unspecified atom stereocenters. The van der Waals surface area contributed by atoms with Gasteiger partial charge in [-0.3, -0.25) is 9.80 Å². The maximum Gasteiger partial charge on any atom is 0.157 e. The zero-order valence-corrected chi connectivity index (χ0v) is 15.5. The molecule has 0 saturated carbocycles. The van der Waals surface area contributed by atoms with Gasteiger partial charge in [0.15, 0.2) is 9.84 Å². The lowest BCUT2D eigenvalue weighted by molar-refractivity contribution is 0.186. The van der Waals surface area contributed by atoms with Gasteiger partial charge in [0.25, 0.3) is 0 Å². The van der Waals surface area contributed by atoms with E-state index in [1.54, 1.807) is 23.5 Å². The van der Waals surface area contributed by atoms with E-state index >= 15 is 0 Å². The lowest BCUT2D eigenvalue weighted by Crippen LogP contribution is -2.53. The molecule has 2 aromatic rings. The van der Waals surface area contributed by atoms with Crippen LogP contribution in [0.3, 0.4) is 0 Å². The van der Waals surface area contributed by atoms with Crippen LogP contribution in [0.4, 0.5) is 4.39 Å². The summed E-state index contributed by atoms with van der Waals surface area (Å²) in [5.74, 6) is -0.0341. The van der Waals surface area contributed by atoms with Gasteiger partial charge in [0.05, 0.1) is 11.0 Å². The van der Waals surface area contributed by atoms with Crippen LogP contribution >= 0.6 is 11.3 Å². The molecule has 2 atom stereocenters. The summed E-state index contributed by atoms with van der Waals surface area (Å²) in [6.45, 7) is 3.40. The van der Waals surface area contributed by atoms with Gasteiger partial charge in [-0.05, 0) is 29.1 Å². The number of nitrogens with zero attached hydrogens (tertiary/aromatic N) is 2. The summed E-state index contributed by atoms with van der Waals surface area (Å²) in [6.07, 6.45) is 0. The lowest BCUT2D eigenvalue weighted by atomic mass is 10.1. The van der Waals surface area contributed by atoms with Crippen LogP contribution in [0.5, 0.6) is 0 Å². The average molecular weight is 381 g/mol. The van der Waals surface area contributed by atoms with E-state index in [-0.39, 0.29) is 22.9 Å². The molecule has 0 radical (unpaired) electrons. The zero-order chi connectivity index (χ0) is 17.4. The van der Waals surface area contributed by atoms with E-state index < -0.39 is 9.84 Å². The van der Waals surface area contributed by atoms with E-state index in [9.17, 15) is 12.8 Å². The van der Waals surface area contributed by atoms with Crippen molar-refractivity contribution >= 4 is 21.2 Å². The van der Waals surface area contributed by atoms with Gasteiger partial charge < -0.3 is 0 Å². The molecular weight excluding hydrogens is 359 g/mol. The molecule has 134 valence electrons. The number of thiophene rings is 1. The maximum absolute atomic E-state index is 13.1. The average Bonchev–Trinajstić information content (AvgIpc) is 3.23. The van der Waals surface area contributed by atoms with Crippen LogP contribution in [0.1, 0.15) is 10.4 Å². The number of hydrogen-bond acceptors (Lipinski definition) is 5. The molecule has 2 saturated heterocycles. The molecule has 3 heterocycles. The first-order chi connectivity index (χ1) is 12.0. The van der Waals surface area contributed by atoms with Crippen molar-refractivity contribution in [2.24, 2.45) is 0 Å². The van der Waals surface area contributed by atoms with E-state index in [1.165, 1.54) is 17.0 Å². The Bertz CT molecular complexity index is 821. The van der Waals surface area contributed by atoms with Gasteiger partial charge in [-0.2, -0.15) is 0 Å². The van der Waals surface area contributed by atoms with Crippen LogP contribution in [0.15, 0.2) is 41.8 Å². The van der Waals surface area contributed by atoms with E-state index in [4.69, 9.17) is 0 Å². The molecule has 1 aromatic carbocycles. The topological polar surface area (TPSA) is 40.6 Å². The first-order valence-electron chi connectivity index (χ1n) is 8.46. The number of benzene rings is 1. The Labute approximate surface area is 151 Å². The standard InChI is InChI=1S/C18H21FN2O2S2/c19-15-5-3-14(4-6-15)10-21-7-9-25(22,23)18-13-20(12-17(18)21)11-16-2-1-8-24-16/h1-6,8,17-18H,7,9-13H2/t17-,18+/m1/s1. The van der Waals surface area contributed by atoms with Gasteiger partial charge in [-0.1, -0.05) is 18.2 Å². The van der Waals surface area contributed by atoms with Crippen LogP contribution in [0.25, 0.3) is 0 Å². The van der Waals surface area contributed by atoms with Crippen LogP contribution in [0.2, 0.25) is 0 Å². The van der Waals surface area contributed by atoms with Crippen molar-refractivity contribution in [2.75, 3.05) is 25.4 Å². The number of likely N-dealkylation sites (tertiary alicyclic amines) is 1. The minimum absolute atomic E-state index is 0.0174. The predicted molar refractivity (Wildman–Crippen MR) is 97.8 cm³/mol. The monoisotopic (exact) mass is 380 g/mol. The molecular formula is C18H21FN2O2S2. The fourth-order valence-corrected chi connectivity index (χ4v) is 6.58. The smallest absolute Gasteiger partial charge is 0.157 e. The van der Waals surface area contributed by atoms with E-state index in [0.717, 1.165) is 18.7 Å². The number of sulfone groups is 1. The summed E-state index contributed by atoms with van der Waals surface area (Å²) in [4.78, 5) is 5.77. The Morgan fingerprint density at radius 3 is 2.64 bits per heavy atom. The van der Waals surface area contributed by atoms with Gasteiger partial charge in [-0.15, -0.1) is 11.3 Å². The Kier molecular flexibility index (Phi) is 4.66. The number of hydrogen-bond donors (Lipinski definition) is 0. The van der Waals surface area contributed by atoms with Gasteiger partial charge in [0.2, 0.25) is 0 Å². The summed E-state index contributed by atoms with van der Waals surface area (Å²) in [5, 5.41) is 1.73. The highest BCUT2D eigenvalue weighted by Gasteiger charge is 2.47. The van der Waals surface area contributed by atoms with Crippen molar-refractivity contribution in [2.45, 2.75) is 24.4 Å². The Balaban J connectivity index is 1.51. The molecule has 0 bridgehead atoms. The molecule has 2 fully saturated rings. The van der Waals surface area contributed by atoms with Crippen LogP contribution in [-0.4, -0.2) is 54.9 Å². The highest BCUT2D eigenvalue weighted by molar-refractivity contribution is 7.92. The summed E-state index contributed by atoms with van der Waals surface area (Å²) >= 11 is 1.71. The highest BCUT2D eigenvalue weighted by atomic mass is 32.2. The predicted octanol–water partition coefficient (Wildman–Crippen LogP) is 2.37. The molecule has 4 rings (SSSR count). The Hall–Kier alpha value is -1.28. The maximum atomic E-state index is 13.1. The fourth-order valence-electron chi connectivity index (χ4n) is 3.87. The molecule has 0 aliphatic carbocycles. The van der Waals surface area contributed by atoms with E-state index in [0.29, 0.717) is 19.6 Å². The normalized spacial score (nSPS) is 26.6. The second-order valence-corrected chi connectivity index (χ2v) is 10.2. The molecule has 0 amide bonds. The van der Waals surface area contributed by atoms with Gasteiger partial charge in [-0.25, -0.2) is 12.8 Å². The molecule has 2 aliphatic rings. The van der Waals surface area contributed by atoms with Crippen molar-refractivity contribution in [3.05, 3.63) is 58.0 Å². The minimum Gasteiger partial charge on any atom is -0.295 e. The molecule has 7 heteroatoms. The SMILES string of the molecule is O=S1(=O)CCN(Cc2ccc(F)cc2)[C@@H]2CN(Cc3cccs3)C[C@@H]21. The van der Waals surface area contributed by atoms with Crippen LogP contribution in [-0.2, 0) is 22.9 Å². The van der Waals surface area contributed by atoms with Gasteiger partial charge >= 0.3 is 0 Å². The number of rotatable bonds is 4. The fraction of sp³-hybridized carbons (Fsp3) is 0.444. The molecule has 2 aliphatic heterocycles. The largest absolute Gasteiger partial charge is 0.295 e. The third-order valence-electron chi connectivity index (χ3n) is 5.16. The zero-order valence-electron chi connectivity index (χ0n) is 13.8. The number of halogens is 1. The quantitative estimate of drug-likeness (QED) is 0.817. The first kappa shape index (κ1) is 17.1. The summed E-state index contributed by atoms with van der Waals surface area (Å²) in [7, 11) is -3.04. The second kappa shape index (κ2) is 6.79. The van der Waals surface area contributed by atoms with Gasteiger partial charge in [0, 0.05) is 43.6 Å². The Morgan fingerprint density at radius 2 is 1.92 bits per heavy atom. The molecule has 0 spiro atoms. The highest BCUT2D eigenvalue weighted by Crippen LogP contribution is 2.30. The molecule has 4 nitrogen and oxygen atoms in total. The molecule has 1 aromatic heterocycles. The third-order valence-corrected chi connectivity index (χ3v) is 8.16. The van der Waals surface area contributed by atoms with E-state index in [2.05, 4.69) is 21.2 Å². The molecule has 0 N–H and O–H groups in total. The van der Waals surface area contributed by atoms with Gasteiger partial charge in [0.1, 0.15) is 5.82 Å². The van der Waals surface area contributed by atoms with Crippen molar-refractivity contribution < 1.29 is 12.8 Å². The summed E-state index contributed by atoms with van der Waals surface area (Å²) in [5.41, 5.74) is 1.02. The molecule has 25 heavy (non-hydrogen) atoms. The van der Waals surface area contributed by atoms with Crippen LogP contribution in [0, 0.1) is 5.82 Å².